The third kappa shape index (κ3) is 11.3. The van der Waals surface area contributed by atoms with Crippen molar-refractivity contribution < 1.29 is 54.9 Å². The number of methoxy groups -OCH3 is 1. The van der Waals surface area contributed by atoms with Crippen molar-refractivity contribution in [3.8, 4) is 0 Å². The Hall–Kier alpha value is -4.43. The minimum atomic E-state index is -4.46. The monoisotopic (exact) mass is 694 g/mol. The number of rotatable bonds is 14. The summed E-state index contributed by atoms with van der Waals surface area (Å²) in [5.74, 6) is -3.96. The molecule has 8 nitrogen and oxygen atoms in total. The second-order valence-corrected chi connectivity index (χ2v) is 11.6. The number of carbonyl (C=O) groups excluding carboxylic acids is 3. The molecule has 3 aromatic rings. The maximum absolute atomic E-state index is 15.2. The van der Waals surface area contributed by atoms with E-state index in [2.05, 4.69) is 10.6 Å². The van der Waals surface area contributed by atoms with Crippen LogP contribution in [0.4, 0.5) is 31.1 Å². The van der Waals surface area contributed by atoms with Gasteiger partial charge in [-0.1, -0.05) is 36.4 Å². The van der Waals surface area contributed by atoms with E-state index in [1.807, 2.05) is 0 Å². The molecule has 0 unspecified atom stereocenters. The zero-order valence-electron chi connectivity index (χ0n) is 26.5. The smallest absolute Gasteiger partial charge is 0.407 e. The molecule has 3 aromatic carbocycles. The highest BCUT2D eigenvalue weighted by atomic mass is 19.4. The van der Waals surface area contributed by atoms with Gasteiger partial charge in [-0.05, 0) is 65.4 Å². The predicted molar refractivity (Wildman–Crippen MR) is 165 cm³/mol. The van der Waals surface area contributed by atoms with Gasteiger partial charge in [-0.15, -0.1) is 0 Å². The lowest BCUT2D eigenvalue weighted by molar-refractivity contribution is -0.158. The molecule has 0 aromatic heterocycles. The summed E-state index contributed by atoms with van der Waals surface area (Å²) < 4.78 is 95.4. The quantitative estimate of drug-likeness (QED) is 0.159. The zero-order chi connectivity index (χ0) is 35.6. The molecule has 1 aliphatic rings. The molecule has 0 radical (unpaired) electrons. The van der Waals surface area contributed by atoms with E-state index in [0.29, 0.717) is 29.7 Å². The van der Waals surface area contributed by atoms with Crippen LogP contribution in [0.2, 0.25) is 0 Å². The number of ketones is 1. The standard InChI is InChI=1S/C35H36F6N2O6/c1-47-34(46)43-33(32(21-5-9-24(36)10-6-21)22-7-11-25(37)12-8-22)30(44)17-23-3-2-4-29(38)28(23)14-13-27-18-42-26(19-48-27)20-49-31(45)15-16-35(39,40)41/h2-12,26-27,32-33,42H,13-20H2,1H3,(H,43,46)/t26-,27+,33+/m0/s1. The van der Waals surface area contributed by atoms with E-state index in [4.69, 9.17) is 14.2 Å². The van der Waals surface area contributed by atoms with Crippen LogP contribution in [0, 0.1) is 17.5 Å². The van der Waals surface area contributed by atoms with E-state index in [0.717, 1.165) is 7.11 Å². The van der Waals surface area contributed by atoms with Crippen LogP contribution in [0.1, 0.15) is 47.4 Å². The summed E-state index contributed by atoms with van der Waals surface area (Å²) in [4.78, 5) is 38.1. The first kappa shape index (κ1) is 37.4. The first-order valence-corrected chi connectivity index (χ1v) is 15.5. The van der Waals surface area contributed by atoms with Gasteiger partial charge in [0.15, 0.2) is 5.78 Å². The molecule has 264 valence electrons. The molecular weight excluding hydrogens is 658 g/mol. The van der Waals surface area contributed by atoms with Gasteiger partial charge in [0.2, 0.25) is 0 Å². The van der Waals surface area contributed by atoms with Crippen molar-refractivity contribution in [1.82, 2.24) is 10.6 Å². The van der Waals surface area contributed by atoms with Gasteiger partial charge < -0.3 is 24.8 Å². The molecule has 1 fully saturated rings. The first-order valence-electron chi connectivity index (χ1n) is 15.5. The summed E-state index contributed by atoms with van der Waals surface area (Å²) >= 11 is 0. The Bertz CT molecular complexity index is 1510. The predicted octanol–water partition coefficient (Wildman–Crippen LogP) is 5.95. The second-order valence-electron chi connectivity index (χ2n) is 11.6. The van der Waals surface area contributed by atoms with E-state index in [1.54, 1.807) is 6.07 Å². The lowest BCUT2D eigenvalue weighted by Crippen LogP contribution is -2.49. The maximum atomic E-state index is 15.2. The van der Waals surface area contributed by atoms with Crippen LogP contribution in [-0.4, -0.2) is 69.1 Å². The SMILES string of the molecule is COC(=O)N[C@H](C(=O)Cc1cccc(F)c1CC[C@@H]1CN[C@H](COC(=O)CCC(F)(F)F)CO1)C(c1ccc(F)cc1)c1ccc(F)cc1. The molecule has 2 N–H and O–H groups in total. The van der Waals surface area contributed by atoms with Crippen LogP contribution in [0.3, 0.4) is 0 Å². The highest BCUT2D eigenvalue weighted by Gasteiger charge is 2.34. The van der Waals surface area contributed by atoms with Crippen LogP contribution < -0.4 is 10.6 Å². The fraction of sp³-hybridized carbons (Fsp3) is 0.400. The molecule has 0 saturated carbocycles. The van der Waals surface area contributed by atoms with Gasteiger partial charge in [0.05, 0.1) is 38.7 Å². The van der Waals surface area contributed by atoms with Crippen molar-refractivity contribution >= 4 is 17.8 Å². The third-order valence-corrected chi connectivity index (χ3v) is 8.12. The molecule has 14 heteroatoms. The Morgan fingerprint density at radius 3 is 2.14 bits per heavy atom. The summed E-state index contributed by atoms with van der Waals surface area (Å²) in [6.45, 7) is 0.241. The maximum Gasteiger partial charge on any atom is 0.407 e. The topological polar surface area (TPSA) is 103 Å². The highest BCUT2D eigenvalue weighted by Crippen LogP contribution is 2.31. The molecule has 0 spiro atoms. The van der Waals surface area contributed by atoms with Gasteiger partial charge in [-0.2, -0.15) is 13.2 Å². The molecule has 1 amide bonds. The van der Waals surface area contributed by atoms with E-state index in [1.165, 1.54) is 60.7 Å². The molecule has 0 aliphatic carbocycles. The van der Waals surface area contributed by atoms with Crippen LogP contribution >= 0.6 is 0 Å². The van der Waals surface area contributed by atoms with Crippen molar-refractivity contribution in [2.24, 2.45) is 0 Å². The van der Waals surface area contributed by atoms with Crippen LogP contribution in [0.5, 0.6) is 0 Å². The van der Waals surface area contributed by atoms with Crippen LogP contribution in [0.15, 0.2) is 66.7 Å². The molecule has 1 aliphatic heterocycles. The molecule has 0 bridgehead atoms. The number of ether oxygens (including phenoxy) is 3. The van der Waals surface area contributed by atoms with Crippen LogP contribution in [-0.2, 0) is 36.6 Å². The molecule has 1 heterocycles. The molecule has 3 atom stereocenters. The summed E-state index contributed by atoms with van der Waals surface area (Å²) in [6.07, 6.45) is -7.57. The fourth-order valence-electron chi connectivity index (χ4n) is 5.58. The average molecular weight is 695 g/mol. The van der Waals surface area contributed by atoms with Gasteiger partial charge in [0.1, 0.15) is 30.1 Å². The van der Waals surface area contributed by atoms with Crippen molar-refractivity contribution in [3.63, 3.8) is 0 Å². The fourth-order valence-corrected chi connectivity index (χ4v) is 5.58. The highest BCUT2D eigenvalue weighted by molar-refractivity contribution is 5.91. The number of hydrogen-bond donors (Lipinski definition) is 2. The number of nitrogens with one attached hydrogen (secondary N) is 2. The molecule has 1 saturated heterocycles. The Morgan fingerprint density at radius 1 is 0.959 bits per heavy atom. The first-order chi connectivity index (χ1) is 23.3. The number of hydrogen-bond acceptors (Lipinski definition) is 7. The number of alkyl carbamates (subject to hydrolysis) is 1. The number of Topliss-reactive ketones (excluding diaryl/α,β-unsaturated/α-hetero) is 1. The van der Waals surface area contributed by atoms with Crippen LogP contribution in [0.25, 0.3) is 0 Å². The summed E-state index contributed by atoms with van der Waals surface area (Å²) in [6, 6.07) is 13.2. The number of halogens is 6. The Kier molecular flexibility index (Phi) is 13.2. The Morgan fingerprint density at radius 2 is 1.59 bits per heavy atom. The van der Waals surface area contributed by atoms with E-state index in [9.17, 15) is 36.3 Å². The number of morpholine rings is 1. The molecular formula is C35H36F6N2O6. The largest absolute Gasteiger partial charge is 0.464 e. The minimum absolute atomic E-state index is 0.106. The third-order valence-electron chi connectivity index (χ3n) is 8.12. The van der Waals surface area contributed by atoms with Crippen molar-refractivity contribution in [1.29, 1.82) is 0 Å². The summed E-state index contributed by atoms with van der Waals surface area (Å²) in [5.41, 5.74) is 1.54. The summed E-state index contributed by atoms with van der Waals surface area (Å²) in [7, 11) is 1.13. The summed E-state index contributed by atoms with van der Waals surface area (Å²) in [5, 5.41) is 5.68. The van der Waals surface area contributed by atoms with Crippen molar-refractivity contribution in [2.75, 3.05) is 26.9 Å². The second kappa shape index (κ2) is 17.3. The number of amides is 1. The number of esters is 1. The van der Waals surface area contributed by atoms with Gasteiger partial charge in [0.25, 0.3) is 0 Å². The Labute approximate surface area is 279 Å². The van der Waals surface area contributed by atoms with Gasteiger partial charge in [-0.25, -0.2) is 18.0 Å². The molecule has 49 heavy (non-hydrogen) atoms. The average Bonchev–Trinajstić information content (AvgIpc) is 3.07. The number of benzene rings is 3. The number of alkyl halides is 3. The zero-order valence-corrected chi connectivity index (χ0v) is 26.5. The minimum Gasteiger partial charge on any atom is -0.464 e. The van der Waals surface area contributed by atoms with Gasteiger partial charge >= 0.3 is 18.2 Å². The van der Waals surface area contributed by atoms with Crippen molar-refractivity contribution in [2.45, 2.75) is 62.4 Å². The van der Waals surface area contributed by atoms with Gasteiger partial charge in [0, 0.05) is 18.9 Å². The van der Waals surface area contributed by atoms with E-state index >= 15 is 4.39 Å². The van der Waals surface area contributed by atoms with E-state index < -0.39 is 72.3 Å². The lowest BCUT2D eigenvalue weighted by Gasteiger charge is -2.30. The van der Waals surface area contributed by atoms with E-state index in [-0.39, 0.29) is 37.7 Å². The van der Waals surface area contributed by atoms with Gasteiger partial charge in [-0.3, -0.25) is 9.59 Å². The Balaban J connectivity index is 1.45. The molecule has 4 rings (SSSR count). The number of carbonyl (C=O) groups is 3. The lowest BCUT2D eigenvalue weighted by atomic mass is 9.81. The normalized spacial score (nSPS) is 17.0. The van der Waals surface area contributed by atoms with Crippen molar-refractivity contribution in [3.05, 3.63) is 106 Å².